The van der Waals surface area contributed by atoms with Crippen molar-refractivity contribution >= 4 is 17.2 Å². The minimum Gasteiger partial charge on any atom is -0.296 e. The predicted molar refractivity (Wildman–Crippen MR) is 65.0 cm³/mol. The van der Waals surface area contributed by atoms with Crippen molar-refractivity contribution in [3.05, 3.63) is 21.9 Å². The fourth-order valence-corrected chi connectivity index (χ4v) is 3.15. The Bertz CT molecular complexity index is 377. The number of carbonyl (C=O) groups is 1. The SMILES string of the molecule is CC1c2ccsc2CCN1CCC(=O)NN. The van der Waals surface area contributed by atoms with Gasteiger partial charge in [0.05, 0.1) is 0 Å². The van der Waals surface area contributed by atoms with Crippen molar-refractivity contribution in [2.75, 3.05) is 13.1 Å². The molecule has 0 aromatic carbocycles. The maximum atomic E-state index is 11.1. The number of fused-ring (bicyclic) bond motifs is 1. The molecule has 16 heavy (non-hydrogen) atoms. The lowest BCUT2D eigenvalue weighted by Gasteiger charge is -2.33. The Hall–Kier alpha value is -0.910. The summed E-state index contributed by atoms with van der Waals surface area (Å²) in [4.78, 5) is 14.9. The Kier molecular flexibility index (Phi) is 3.58. The highest BCUT2D eigenvalue weighted by molar-refractivity contribution is 7.10. The van der Waals surface area contributed by atoms with Gasteiger partial charge in [0.15, 0.2) is 0 Å². The zero-order chi connectivity index (χ0) is 11.5. The summed E-state index contributed by atoms with van der Waals surface area (Å²) >= 11 is 1.83. The van der Waals surface area contributed by atoms with E-state index < -0.39 is 0 Å². The highest BCUT2D eigenvalue weighted by Gasteiger charge is 2.24. The third-order valence-electron chi connectivity index (χ3n) is 3.19. The summed E-state index contributed by atoms with van der Waals surface area (Å²) in [6.07, 6.45) is 1.57. The van der Waals surface area contributed by atoms with Crippen LogP contribution in [0.5, 0.6) is 0 Å². The van der Waals surface area contributed by atoms with E-state index in [4.69, 9.17) is 5.84 Å². The van der Waals surface area contributed by atoms with Gasteiger partial charge in [-0.2, -0.15) is 0 Å². The second-order valence-corrected chi connectivity index (χ2v) is 5.08. The molecule has 0 radical (unpaired) electrons. The van der Waals surface area contributed by atoms with E-state index in [0.29, 0.717) is 12.5 Å². The smallest absolute Gasteiger partial charge is 0.235 e. The van der Waals surface area contributed by atoms with E-state index in [1.165, 1.54) is 10.4 Å². The molecule has 0 saturated carbocycles. The molecule has 0 spiro atoms. The second kappa shape index (κ2) is 4.95. The lowest BCUT2D eigenvalue weighted by molar-refractivity contribution is -0.121. The van der Waals surface area contributed by atoms with Crippen LogP contribution in [0.4, 0.5) is 0 Å². The van der Waals surface area contributed by atoms with Gasteiger partial charge in [-0.05, 0) is 30.4 Å². The van der Waals surface area contributed by atoms with Crippen molar-refractivity contribution in [3.63, 3.8) is 0 Å². The van der Waals surface area contributed by atoms with Crippen molar-refractivity contribution in [1.29, 1.82) is 0 Å². The molecule has 2 rings (SSSR count). The van der Waals surface area contributed by atoms with Crippen LogP contribution in [-0.2, 0) is 11.2 Å². The van der Waals surface area contributed by atoms with Crippen molar-refractivity contribution < 1.29 is 4.79 Å². The molecular weight excluding hydrogens is 222 g/mol. The topological polar surface area (TPSA) is 58.4 Å². The van der Waals surface area contributed by atoms with Crippen LogP contribution >= 0.6 is 11.3 Å². The van der Waals surface area contributed by atoms with Crippen LogP contribution in [0.3, 0.4) is 0 Å². The minimum atomic E-state index is -0.0942. The summed E-state index contributed by atoms with van der Waals surface area (Å²) in [5.74, 6) is 4.97. The number of hydrazine groups is 1. The molecule has 1 aromatic rings. The molecule has 0 aliphatic carbocycles. The first-order valence-electron chi connectivity index (χ1n) is 5.52. The van der Waals surface area contributed by atoms with Crippen LogP contribution in [0.25, 0.3) is 0 Å². The number of hydrogen-bond donors (Lipinski definition) is 2. The zero-order valence-electron chi connectivity index (χ0n) is 9.40. The minimum absolute atomic E-state index is 0.0942. The van der Waals surface area contributed by atoms with Gasteiger partial charge >= 0.3 is 0 Å². The van der Waals surface area contributed by atoms with Gasteiger partial charge in [-0.15, -0.1) is 11.3 Å². The molecule has 5 heteroatoms. The van der Waals surface area contributed by atoms with E-state index >= 15 is 0 Å². The fourth-order valence-electron chi connectivity index (χ4n) is 2.18. The average Bonchev–Trinajstić information content (AvgIpc) is 2.76. The van der Waals surface area contributed by atoms with Gasteiger partial charge in [0.2, 0.25) is 5.91 Å². The number of amides is 1. The first kappa shape index (κ1) is 11.6. The quantitative estimate of drug-likeness (QED) is 0.471. The van der Waals surface area contributed by atoms with E-state index in [1.807, 2.05) is 11.3 Å². The molecule has 1 unspecified atom stereocenters. The molecule has 1 atom stereocenters. The Morgan fingerprint density at radius 1 is 1.75 bits per heavy atom. The van der Waals surface area contributed by atoms with Crippen LogP contribution in [0.1, 0.15) is 29.8 Å². The van der Waals surface area contributed by atoms with Crippen molar-refractivity contribution in [1.82, 2.24) is 10.3 Å². The monoisotopic (exact) mass is 239 g/mol. The summed E-state index contributed by atoms with van der Waals surface area (Å²) in [6, 6.07) is 2.61. The van der Waals surface area contributed by atoms with Gasteiger partial charge in [0.1, 0.15) is 0 Å². The Balaban J connectivity index is 1.96. The summed E-state index contributed by atoms with van der Waals surface area (Å²) in [5, 5.41) is 2.15. The van der Waals surface area contributed by atoms with Gasteiger partial charge in [-0.25, -0.2) is 5.84 Å². The number of thiophene rings is 1. The summed E-state index contributed by atoms with van der Waals surface area (Å²) < 4.78 is 0. The van der Waals surface area contributed by atoms with Crippen LogP contribution in [0, 0.1) is 0 Å². The largest absolute Gasteiger partial charge is 0.296 e. The molecule has 3 N–H and O–H groups in total. The van der Waals surface area contributed by atoms with Gasteiger partial charge < -0.3 is 0 Å². The number of nitrogens with two attached hydrogens (primary N) is 1. The first-order valence-corrected chi connectivity index (χ1v) is 6.40. The van der Waals surface area contributed by atoms with Crippen molar-refractivity contribution in [2.45, 2.75) is 25.8 Å². The Morgan fingerprint density at radius 2 is 2.56 bits per heavy atom. The molecule has 2 heterocycles. The highest BCUT2D eigenvalue weighted by atomic mass is 32.1. The molecule has 4 nitrogen and oxygen atoms in total. The normalized spacial score (nSPS) is 20.5. The maximum Gasteiger partial charge on any atom is 0.235 e. The van der Waals surface area contributed by atoms with Gasteiger partial charge in [0, 0.05) is 30.4 Å². The molecule has 1 aromatic heterocycles. The molecular formula is C11H17N3OS. The number of carbonyl (C=O) groups excluding carboxylic acids is 1. The Morgan fingerprint density at radius 3 is 3.31 bits per heavy atom. The van der Waals surface area contributed by atoms with Crippen molar-refractivity contribution in [2.24, 2.45) is 5.84 Å². The number of rotatable bonds is 3. The summed E-state index contributed by atoms with van der Waals surface area (Å²) in [5.41, 5.74) is 3.59. The van der Waals surface area contributed by atoms with Crippen LogP contribution in [-0.4, -0.2) is 23.9 Å². The van der Waals surface area contributed by atoms with E-state index in [0.717, 1.165) is 19.5 Å². The van der Waals surface area contributed by atoms with Crippen molar-refractivity contribution in [3.8, 4) is 0 Å². The lowest BCUT2D eigenvalue weighted by atomic mass is 10.0. The van der Waals surface area contributed by atoms with E-state index in [-0.39, 0.29) is 5.91 Å². The first-order chi connectivity index (χ1) is 7.72. The molecule has 1 amide bonds. The number of nitrogens with one attached hydrogen (secondary N) is 1. The van der Waals surface area contributed by atoms with E-state index in [1.54, 1.807) is 0 Å². The third-order valence-corrected chi connectivity index (χ3v) is 4.19. The van der Waals surface area contributed by atoms with Crippen LogP contribution in [0.15, 0.2) is 11.4 Å². The van der Waals surface area contributed by atoms with Crippen LogP contribution in [0.2, 0.25) is 0 Å². The average molecular weight is 239 g/mol. The number of hydrogen-bond acceptors (Lipinski definition) is 4. The molecule has 0 bridgehead atoms. The second-order valence-electron chi connectivity index (χ2n) is 4.08. The van der Waals surface area contributed by atoms with Gasteiger partial charge in [-0.1, -0.05) is 0 Å². The summed E-state index contributed by atoms with van der Waals surface area (Å²) in [6.45, 7) is 4.01. The maximum absolute atomic E-state index is 11.1. The number of nitrogens with zero attached hydrogens (tertiary/aromatic N) is 1. The standard InChI is InChI=1S/C11H17N3OS/c1-8-9-4-7-16-10(9)2-5-14(8)6-3-11(15)13-12/h4,7-8H,2-3,5-6,12H2,1H3,(H,13,15). The van der Waals surface area contributed by atoms with Gasteiger partial charge in [-0.3, -0.25) is 15.1 Å². The zero-order valence-corrected chi connectivity index (χ0v) is 10.2. The predicted octanol–water partition coefficient (Wildman–Crippen LogP) is 1.05. The molecule has 88 valence electrons. The van der Waals surface area contributed by atoms with Crippen LogP contribution < -0.4 is 11.3 Å². The molecule has 0 fully saturated rings. The molecule has 1 aliphatic rings. The molecule has 1 aliphatic heterocycles. The Labute approximate surface area is 99.4 Å². The third kappa shape index (κ3) is 2.26. The van der Waals surface area contributed by atoms with Gasteiger partial charge in [0.25, 0.3) is 0 Å². The van der Waals surface area contributed by atoms with E-state index in [2.05, 4.69) is 28.7 Å². The fraction of sp³-hybridized carbons (Fsp3) is 0.545. The van der Waals surface area contributed by atoms with E-state index in [9.17, 15) is 4.79 Å². The lowest BCUT2D eigenvalue weighted by Crippen LogP contribution is -2.38. The highest BCUT2D eigenvalue weighted by Crippen LogP contribution is 2.32. The summed E-state index contributed by atoms with van der Waals surface area (Å²) in [7, 11) is 0. The molecule has 0 saturated heterocycles.